The van der Waals surface area contributed by atoms with Gasteiger partial charge >= 0.3 is 5.97 Å². The third kappa shape index (κ3) is 3.59. The van der Waals surface area contributed by atoms with Gasteiger partial charge in [-0.15, -0.1) is 0 Å². The summed E-state index contributed by atoms with van der Waals surface area (Å²) in [6.07, 6.45) is 2.88. The van der Waals surface area contributed by atoms with Crippen molar-refractivity contribution in [2.75, 3.05) is 7.11 Å². The zero-order valence-corrected chi connectivity index (χ0v) is 9.99. The van der Waals surface area contributed by atoms with Crippen molar-refractivity contribution in [2.45, 2.75) is 13.0 Å². The molecule has 1 rings (SSSR count). The molecule has 0 radical (unpaired) electrons. The molecule has 0 saturated heterocycles. The molecule has 1 aromatic carbocycles. The van der Waals surface area contributed by atoms with E-state index in [0.29, 0.717) is 5.02 Å². The van der Waals surface area contributed by atoms with E-state index in [4.69, 9.17) is 11.6 Å². The molecule has 1 atom stereocenters. The molecule has 0 bridgehead atoms. The summed E-state index contributed by atoms with van der Waals surface area (Å²) >= 11 is 6.03. The summed E-state index contributed by atoms with van der Waals surface area (Å²) in [7, 11) is 1.34. The van der Waals surface area contributed by atoms with E-state index in [0.717, 1.165) is 5.56 Å². The van der Waals surface area contributed by atoms with Crippen molar-refractivity contribution in [1.82, 2.24) is 5.32 Å². The van der Waals surface area contributed by atoms with Crippen molar-refractivity contribution >= 4 is 17.6 Å². The molecule has 1 N–H and O–H groups in total. The normalized spacial score (nSPS) is 12.4. The summed E-state index contributed by atoms with van der Waals surface area (Å²) in [6, 6.07) is 7.60. The minimum absolute atomic E-state index is 0.0367. The second kappa shape index (κ2) is 6.18. The Morgan fingerprint density at radius 2 is 2.19 bits per heavy atom. The van der Waals surface area contributed by atoms with E-state index in [1.165, 1.54) is 13.2 Å². The largest absolute Gasteiger partial charge is 0.466 e. The average Bonchev–Trinajstić information content (AvgIpc) is 2.29. The topological polar surface area (TPSA) is 38.3 Å². The molecule has 86 valence electrons. The van der Waals surface area contributed by atoms with Crippen LogP contribution in [0.4, 0.5) is 0 Å². The maximum Gasteiger partial charge on any atom is 0.331 e. The number of rotatable bonds is 4. The van der Waals surface area contributed by atoms with Crippen LogP contribution in [-0.2, 0) is 9.53 Å². The molecule has 0 aromatic heterocycles. The van der Waals surface area contributed by atoms with Crippen LogP contribution in [0.2, 0.25) is 5.02 Å². The van der Waals surface area contributed by atoms with Crippen LogP contribution in [0.1, 0.15) is 18.5 Å². The third-order valence-electron chi connectivity index (χ3n) is 2.14. The smallest absolute Gasteiger partial charge is 0.331 e. The van der Waals surface area contributed by atoms with Gasteiger partial charge in [0.1, 0.15) is 0 Å². The van der Waals surface area contributed by atoms with Crippen LogP contribution < -0.4 is 5.32 Å². The lowest BCUT2D eigenvalue weighted by atomic mass is 10.1. The average molecular weight is 240 g/mol. The van der Waals surface area contributed by atoms with Gasteiger partial charge in [0, 0.05) is 23.3 Å². The van der Waals surface area contributed by atoms with Crippen LogP contribution in [0.25, 0.3) is 0 Å². The number of hydrogen-bond acceptors (Lipinski definition) is 3. The lowest BCUT2D eigenvalue weighted by molar-refractivity contribution is -0.134. The molecule has 4 heteroatoms. The summed E-state index contributed by atoms with van der Waals surface area (Å²) in [5.74, 6) is -0.390. The van der Waals surface area contributed by atoms with Crippen molar-refractivity contribution in [2.24, 2.45) is 0 Å². The van der Waals surface area contributed by atoms with Gasteiger partial charge in [0.25, 0.3) is 0 Å². The van der Waals surface area contributed by atoms with E-state index >= 15 is 0 Å². The number of ether oxygens (including phenoxy) is 1. The van der Waals surface area contributed by atoms with Crippen LogP contribution in [-0.4, -0.2) is 13.1 Å². The lowest BCUT2D eigenvalue weighted by Gasteiger charge is -2.13. The van der Waals surface area contributed by atoms with Crippen molar-refractivity contribution in [3.05, 3.63) is 47.1 Å². The summed E-state index contributed by atoms with van der Waals surface area (Å²) in [4.78, 5) is 10.8. The van der Waals surface area contributed by atoms with Crippen LogP contribution in [0, 0.1) is 0 Å². The Hall–Kier alpha value is -1.48. The van der Waals surface area contributed by atoms with Crippen LogP contribution in [0.3, 0.4) is 0 Å². The van der Waals surface area contributed by atoms with Gasteiger partial charge in [0.15, 0.2) is 0 Å². The predicted molar refractivity (Wildman–Crippen MR) is 64.2 cm³/mol. The first kappa shape index (κ1) is 12.6. The van der Waals surface area contributed by atoms with Crippen LogP contribution >= 0.6 is 11.6 Å². The molecule has 0 saturated carbocycles. The number of benzene rings is 1. The van der Waals surface area contributed by atoms with Crippen LogP contribution in [0.5, 0.6) is 0 Å². The Bertz CT molecular complexity index is 390. The quantitative estimate of drug-likeness (QED) is 0.649. The van der Waals surface area contributed by atoms with Gasteiger partial charge in [0.05, 0.1) is 7.11 Å². The summed E-state index contributed by atoms with van der Waals surface area (Å²) in [5, 5.41) is 3.74. The molecule has 1 aromatic rings. The van der Waals surface area contributed by atoms with Crippen molar-refractivity contribution in [3.63, 3.8) is 0 Å². The fraction of sp³-hybridized carbons (Fsp3) is 0.250. The van der Waals surface area contributed by atoms with Gasteiger partial charge in [-0.05, 0) is 18.6 Å². The molecule has 0 unspecified atom stereocenters. The molecule has 0 fully saturated rings. The number of carbonyl (C=O) groups is 1. The molecule has 0 aliphatic heterocycles. The van der Waals surface area contributed by atoms with E-state index in [9.17, 15) is 4.79 Å². The number of hydrogen-bond donors (Lipinski definition) is 1. The highest BCUT2D eigenvalue weighted by molar-refractivity contribution is 6.31. The monoisotopic (exact) mass is 239 g/mol. The predicted octanol–water partition coefficient (Wildman–Crippen LogP) is 2.68. The Morgan fingerprint density at radius 1 is 1.50 bits per heavy atom. The Kier molecular flexibility index (Phi) is 4.86. The van der Waals surface area contributed by atoms with Gasteiger partial charge < -0.3 is 10.1 Å². The van der Waals surface area contributed by atoms with Gasteiger partial charge in [-0.2, -0.15) is 0 Å². The first-order chi connectivity index (χ1) is 7.65. The van der Waals surface area contributed by atoms with E-state index in [1.807, 2.05) is 31.2 Å². The molecule has 0 heterocycles. The maximum absolute atomic E-state index is 10.8. The van der Waals surface area contributed by atoms with Crippen LogP contribution in [0.15, 0.2) is 36.5 Å². The Labute approximate surface area is 100 Å². The van der Waals surface area contributed by atoms with E-state index < -0.39 is 0 Å². The molecule has 0 spiro atoms. The SMILES string of the molecule is COC(=O)/C=C/N[C@@H](C)c1ccccc1Cl. The summed E-state index contributed by atoms with van der Waals surface area (Å²) in [5.41, 5.74) is 0.985. The molecule has 3 nitrogen and oxygen atoms in total. The number of methoxy groups -OCH3 is 1. The molecule has 16 heavy (non-hydrogen) atoms. The fourth-order valence-corrected chi connectivity index (χ4v) is 1.54. The minimum Gasteiger partial charge on any atom is -0.466 e. The van der Waals surface area contributed by atoms with E-state index in [1.54, 1.807) is 6.20 Å². The molecule has 0 aliphatic carbocycles. The van der Waals surface area contributed by atoms with Gasteiger partial charge in [-0.1, -0.05) is 29.8 Å². The number of halogens is 1. The first-order valence-corrected chi connectivity index (χ1v) is 5.28. The number of carbonyl (C=O) groups excluding carboxylic acids is 1. The highest BCUT2D eigenvalue weighted by atomic mass is 35.5. The van der Waals surface area contributed by atoms with Gasteiger partial charge in [-0.3, -0.25) is 0 Å². The minimum atomic E-state index is -0.390. The van der Waals surface area contributed by atoms with Crippen molar-refractivity contribution in [3.8, 4) is 0 Å². The third-order valence-corrected chi connectivity index (χ3v) is 2.48. The highest BCUT2D eigenvalue weighted by Gasteiger charge is 2.06. The Balaban J connectivity index is 2.60. The molecule has 0 amide bonds. The molecular formula is C12H14ClNO2. The van der Waals surface area contributed by atoms with E-state index in [-0.39, 0.29) is 12.0 Å². The second-order valence-electron chi connectivity index (χ2n) is 3.27. The van der Waals surface area contributed by atoms with Crippen molar-refractivity contribution in [1.29, 1.82) is 0 Å². The highest BCUT2D eigenvalue weighted by Crippen LogP contribution is 2.21. The van der Waals surface area contributed by atoms with Gasteiger partial charge in [-0.25, -0.2) is 4.79 Å². The zero-order valence-electron chi connectivity index (χ0n) is 9.24. The van der Waals surface area contributed by atoms with E-state index in [2.05, 4.69) is 10.1 Å². The fourth-order valence-electron chi connectivity index (χ4n) is 1.24. The van der Waals surface area contributed by atoms with Crippen molar-refractivity contribution < 1.29 is 9.53 Å². The number of nitrogens with one attached hydrogen (secondary N) is 1. The standard InChI is InChI=1S/C12H14ClNO2/c1-9(14-8-7-12(15)16-2)10-5-3-4-6-11(10)13/h3-9,14H,1-2H3/b8-7+/t9-/m0/s1. The first-order valence-electron chi connectivity index (χ1n) is 4.90. The lowest BCUT2D eigenvalue weighted by Crippen LogP contribution is -2.12. The summed E-state index contributed by atoms with van der Waals surface area (Å²) < 4.78 is 4.47. The number of esters is 1. The molecule has 0 aliphatic rings. The second-order valence-corrected chi connectivity index (χ2v) is 3.67. The maximum atomic E-state index is 10.8. The van der Waals surface area contributed by atoms with Gasteiger partial charge in [0.2, 0.25) is 0 Å². The summed E-state index contributed by atoms with van der Waals surface area (Å²) in [6.45, 7) is 1.96. The molecular weight excluding hydrogens is 226 g/mol. The zero-order chi connectivity index (χ0) is 12.0. The Morgan fingerprint density at radius 3 is 2.81 bits per heavy atom.